The van der Waals surface area contributed by atoms with E-state index in [-0.39, 0.29) is 22.9 Å². The van der Waals surface area contributed by atoms with E-state index in [9.17, 15) is 0 Å². The van der Waals surface area contributed by atoms with Gasteiger partial charge in [-0.1, -0.05) is 20.3 Å². The zero-order valence-electron chi connectivity index (χ0n) is 11.4. The third kappa shape index (κ3) is 17.4. The molecule has 0 saturated carbocycles. The van der Waals surface area contributed by atoms with E-state index in [1.54, 1.807) is 0 Å². The average molecular weight is 316 g/mol. The molecule has 0 fully saturated rings. The van der Waals surface area contributed by atoms with Crippen molar-refractivity contribution in [2.45, 2.75) is 42.5 Å². The molecule has 0 saturated heterocycles. The summed E-state index contributed by atoms with van der Waals surface area (Å²) in [6.07, 6.45) is 1.21. The first kappa shape index (κ1) is 18.2. The molecule has 0 N–H and O–H groups in total. The molecule has 2 nitrogen and oxygen atoms in total. The summed E-state index contributed by atoms with van der Waals surface area (Å²) in [6, 6.07) is 0. The van der Waals surface area contributed by atoms with Gasteiger partial charge in [0.25, 0.3) is 0 Å². The molecular formula is C12H29InN2. The first-order chi connectivity index (χ1) is 7.26. The fourth-order valence-corrected chi connectivity index (χ4v) is 2.93. The number of hydrogen-bond donors (Lipinski definition) is 0. The molecule has 0 aromatic carbocycles. The molecule has 0 bridgehead atoms. The molecule has 0 radical (unpaired) electrons. The van der Waals surface area contributed by atoms with E-state index in [0.29, 0.717) is 0 Å². The molecule has 3 heteroatoms. The van der Waals surface area contributed by atoms with E-state index in [1.165, 1.54) is 34.4 Å². The molecule has 0 amide bonds. The average Bonchev–Trinajstić information content (AvgIpc) is 2.27. The molecule has 0 aromatic heterocycles. The number of rotatable bonds is 8. The molecule has 0 atom stereocenters. The van der Waals surface area contributed by atoms with E-state index in [0.717, 1.165) is 6.54 Å². The predicted molar refractivity (Wildman–Crippen MR) is 73.3 cm³/mol. The van der Waals surface area contributed by atoms with Crippen LogP contribution in [0.1, 0.15) is 34.1 Å². The maximum absolute atomic E-state index is 4.05. The third-order valence-corrected chi connectivity index (χ3v) is 5.62. The molecular weight excluding hydrogens is 287 g/mol. The van der Waals surface area contributed by atoms with Crippen molar-refractivity contribution in [2.75, 3.05) is 33.2 Å². The second-order valence-electron chi connectivity index (χ2n) is 3.53. The van der Waals surface area contributed by atoms with Gasteiger partial charge in [0.15, 0.2) is 0 Å². The summed E-state index contributed by atoms with van der Waals surface area (Å²) in [6.45, 7) is 13.5. The van der Waals surface area contributed by atoms with Gasteiger partial charge < -0.3 is 10.2 Å². The van der Waals surface area contributed by atoms with Crippen LogP contribution in [-0.4, -0.2) is 61.0 Å². The van der Waals surface area contributed by atoms with Gasteiger partial charge in [-0.3, -0.25) is 0 Å². The minimum atomic E-state index is 0.0800. The fourth-order valence-electron chi connectivity index (χ4n) is 1.28. The summed E-state index contributed by atoms with van der Waals surface area (Å²) >= 11 is 0.0800. The van der Waals surface area contributed by atoms with Gasteiger partial charge in [0.2, 0.25) is 0 Å². The van der Waals surface area contributed by atoms with Crippen LogP contribution in [0.2, 0.25) is 8.35 Å². The van der Waals surface area contributed by atoms with E-state index in [1.807, 2.05) is 7.05 Å². The molecule has 0 aliphatic carbocycles. The summed E-state index contributed by atoms with van der Waals surface area (Å²) in [5.41, 5.74) is 0. The molecule has 15 heavy (non-hydrogen) atoms. The van der Waals surface area contributed by atoms with Gasteiger partial charge in [0, 0.05) is 0 Å². The first-order valence-corrected chi connectivity index (χ1v) is 11.0. The Morgan fingerprint density at radius 3 is 1.80 bits per heavy atom. The second-order valence-corrected chi connectivity index (χ2v) is 9.83. The molecule has 0 heterocycles. The fraction of sp³-hybridized carbons (Fsp3) is 1.00. The Bertz CT molecular complexity index is 93.6. The normalized spacial score (nSPS) is 9.47. The summed E-state index contributed by atoms with van der Waals surface area (Å²) in [5, 5.41) is 4.05. The predicted octanol–water partition coefficient (Wildman–Crippen LogP) is 3.29. The van der Waals surface area contributed by atoms with Crippen molar-refractivity contribution in [1.29, 1.82) is 0 Å². The summed E-state index contributed by atoms with van der Waals surface area (Å²) < 4.78 is 3.07. The number of nitrogens with zero attached hydrogens (tertiary/aromatic N) is 2. The Kier molecular flexibility index (Phi) is 20.8. The van der Waals surface area contributed by atoms with Gasteiger partial charge in [-0.2, -0.15) is 7.05 Å². The summed E-state index contributed by atoms with van der Waals surface area (Å²) in [5.74, 6) is 0. The van der Waals surface area contributed by atoms with E-state index < -0.39 is 0 Å². The SMILES string of the molecule is CCN(CC)CCC[N-]C.C[CH2][In+][CH2]C. The van der Waals surface area contributed by atoms with Crippen LogP contribution < -0.4 is 0 Å². The monoisotopic (exact) mass is 316 g/mol. The Balaban J connectivity index is 0. The van der Waals surface area contributed by atoms with Crippen LogP contribution in [0, 0.1) is 0 Å². The standard InChI is InChI=1S/C8H19N2.2C2H5.In/c1-4-10(5-2)8-6-7-9-3;2*1-2;/h4-8H2,1-3H3;2*1H2,2H3;/q-1;;;+1. The molecule has 0 aliphatic heterocycles. The summed E-state index contributed by atoms with van der Waals surface area (Å²) in [4.78, 5) is 2.42. The van der Waals surface area contributed by atoms with Crippen molar-refractivity contribution >= 4 is 22.9 Å². The van der Waals surface area contributed by atoms with Gasteiger partial charge >= 0.3 is 45.1 Å². The van der Waals surface area contributed by atoms with Crippen molar-refractivity contribution in [1.82, 2.24) is 4.90 Å². The van der Waals surface area contributed by atoms with Crippen molar-refractivity contribution in [3.63, 3.8) is 0 Å². The van der Waals surface area contributed by atoms with Crippen LogP contribution in [0.15, 0.2) is 0 Å². The summed E-state index contributed by atoms with van der Waals surface area (Å²) in [7, 11) is 1.88. The Morgan fingerprint density at radius 1 is 1.00 bits per heavy atom. The minimum absolute atomic E-state index is 0.0800. The molecule has 0 rings (SSSR count). The van der Waals surface area contributed by atoms with Gasteiger partial charge in [-0.25, -0.2) is 0 Å². The van der Waals surface area contributed by atoms with Crippen molar-refractivity contribution in [3.05, 3.63) is 5.32 Å². The van der Waals surface area contributed by atoms with Crippen LogP contribution >= 0.6 is 0 Å². The van der Waals surface area contributed by atoms with Gasteiger partial charge in [0.05, 0.1) is 0 Å². The maximum atomic E-state index is 4.05. The second kappa shape index (κ2) is 17.2. The first-order valence-electron chi connectivity index (χ1n) is 6.36. The molecule has 90 valence electrons. The van der Waals surface area contributed by atoms with Gasteiger partial charge in [-0.05, 0) is 19.6 Å². The van der Waals surface area contributed by atoms with Crippen LogP contribution in [0.3, 0.4) is 0 Å². The Morgan fingerprint density at radius 2 is 1.53 bits per heavy atom. The third-order valence-electron chi connectivity index (χ3n) is 2.33. The van der Waals surface area contributed by atoms with E-state index >= 15 is 0 Å². The van der Waals surface area contributed by atoms with E-state index in [4.69, 9.17) is 0 Å². The topological polar surface area (TPSA) is 17.3 Å². The van der Waals surface area contributed by atoms with Crippen LogP contribution in [0.25, 0.3) is 5.32 Å². The van der Waals surface area contributed by atoms with Gasteiger partial charge in [-0.15, -0.1) is 6.54 Å². The zero-order valence-corrected chi connectivity index (χ0v) is 14.7. The molecule has 0 aromatic rings. The van der Waals surface area contributed by atoms with Gasteiger partial charge in [0.1, 0.15) is 0 Å². The molecule has 0 spiro atoms. The van der Waals surface area contributed by atoms with Crippen LogP contribution in [0.5, 0.6) is 0 Å². The van der Waals surface area contributed by atoms with Crippen molar-refractivity contribution in [2.24, 2.45) is 0 Å². The van der Waals surface area contributed by atoms with E-state index in [2.05, 4.69) is 37.9 Å². The molecule has 0 aliphatic rings. The quantitative estimate of drug-likeness (QED) is 0.628. The van der Waals surface area contributed by atoms with Crippen LogP contribution in [-0.2, 0) is 0 Å². The van der Waals surface area contributed by atoms with Crippen molar-refractivity contribution < 1.29 is 0 Å². The molecule has 0 unspecified atom stereocenters. The van der Waals surface area contributed by atoms with Crippen molar-refractivity contribution in [3.8, 4) is 0 Å². The number of hydrogen-bond acceptors (Lipinski definition) is 1. The Labute approximate surface area is 109 Å². The Hall–Kier alpha value is 0.790. The van der Waals surface area contributed by atoms with Crippen LogP contribution in [0.4, 0.5) is 0 Å². The zero-order chi connectivity index (χ0) is 11.9.